The summed E-state index contributed by atoms with van der Waals surface area (Å²) < 4.78 is 0. The van der Waals surface area contributed by atoms with E-state index in [1.807, 2.05) is 0 Å². The predicted molar refractivity (Wildman–Crippen MR) is 85.0 cm³/mol. The summed E-state index contributed by atoms with van der Waals surface area (Å²) in [5, 5.41) is 0. The van der Waals surface area contributed by atoms with Gasteiger partial charge in [0.1, 0.15) is 0 Å². The SMILES string of the molecule is CCCCCCCCCCN1CCc2ccccc21. The highest BCUT2D eigenvalue weighted by Crippen LogP contribution is 2.27. The molecule has 0 fully saturated rings. The molecule has 2 rings (SSSR count). The molecule has 1 aliphatic heterocycles. The van der Waals surface area contributed by atoms with Crippen LogP contribution in [0.25, 0.3) is 0 Å². The molecule has 0 bridgehead atoms. The van der Waals surface area contributed by atoms with E-state index in [2.05, 4.69) is 36.1 Å². The van der Waals surface area contributed by atoms with Gasteiger partial charge in [0, 0.05) is 18.8 Å². The molecule has 0 N–H and O–H groups in total. The second kappa shape index (κ2) is 8.24. The summed E-state index contributed by atoms with van der Waals surface area (Å²) in [7, 11) is 0. The molecule has 0 spiro atoms. The smallest absolute Gasteiger partial charge is 0.0399 e. The number of anilines is 1. The molecule has 0 saturated carbocycles. The van der Waals surface area contributed by atoms with Crippen molar-refractivity contribution in [2.75, 3.05) is 18.0 Å². The van der Waals surface area contributed by atoms with E-state index in [1.165, 1.54) is 76.6 Å². The van der Waals surface area contributed by atoms with E-state index in [4.69, 9.17) is 0 Å². The van der Waals surface area contributed by atoms with E-state index in [-0.39, 0.29) is 0 Å². The molecule has 0 saturated heterocycles. The fourth-order valence-electron chi connectivity index (χ4n) is 3.08. The molecule has 106 valence electrons. The van der Waals surface area contributed by atoms with Crippen LogP contribution in [-0.4, -0.2) is 13.1 Å². The van der Waals surface area contributed by atoms with Crippen LogP contribution in [-0.2, 0) is 6.42 Å². The Morgan fingerprint density at radius 3 is 2.37 bits per heavy atom. The Morgan fingerprint density at radius 1 is 0.895 bits per heavy atom. The Bertz CT molecular complexity index is 358. The summed E-state index contributed by atoms with van der Waals surface area (Å²) in [6.07, 6.45) is 12.5. The molecule has 1 aromatic rings. The second-order valence-corrected chi connectivity index (χ2v) is 5.84. The van der Waals surface area contributed by atoms with Gasteiger partial charge < -0.3 is 4.90 Å². The Morgan fingerprint density at radius 2 is 1.58 bits per heavy atom. The Balaban J connectivity index is 1.55. The lowest BCUT2D eigenvalue weighted by molar-refractivity contribution is 0.573. The van der Waals surface area contributed by atoms with E-state index in [0.717, 1.165) is 0 Å². The quantitative estimate of drug-likeness (QED) is 0.552. The predicted octanol–water partition coefficient (Wildman–Crippen LogP) is 5.19. The maximum absolute atomic E-state index is 2.58. The molecule has 1 nitrogen and oxygen atoms in total. The van der Waals surface area contributed by atoms with Gasteiger partial charge in [0.05, 0.1) is 0 Å². The average molecular weight is 259 g/mol. The van der Waals surface area contributed by atoms with Crippen LogP contribution in [0.5, 0.6) is 0 Å². The summed E-state index contributed by atoms with van der Waals surface area (Å²) in [4.78, 5) is 2.58. The van der Waals surface area contributed by atoms with E-state index in [0.29, 0.717) is 0 Å². The maximum Gasteiger partial charge on any atom is 0.0399 e. The van der Waals surface area contributed by atoms with Crippen molar-refractivity contribution in [2.45, 2.75) is 64.7 Å². The average Bonchev–Trinajstić information content (AvgIpc) is 2.85. The van der Waals surface area contributed by atoms with Gasteiger partial charge >= 0.3 is 0 Å². The van der Waals surface area contributed by atoms with Crippen LogP contribution >= 0.6 is 0 Å². The molecule has 0 radical (unpaired) electrons. The fourth-order valence-corrected chi connectivity index (χ4v) is 3.08. The summed E-state index contributed by atoms with van der Waals surface area (Å²) in [6.45, 7) is 4.77. The third-order valence-corrected chi connectivity index (χ3v) is 4.26. The standard InChI is InChI=1S/C18H29N/c1-2-3-4-5-6-7-8-11-15-19-16-14-17-12-9-10-13-18(17)19/h9-10,12-13H,2-8,11,14-16H2,1H3. The second-order valence-electron chi connectivity index (χ2n) is 5.84. The van der Waals surface area contributed by atoms with E-state index in [9.17, 15) is 0 Å². The van der Waals surface area contributed by atoms with Crippen molar-refractivity contribution in [3.8, 4) is 0 Å². The van der Waals surface area contributed by atoms with Crippen molar-refractivity contribution >= 4 is 5.69 Å². The number of hydrogen-bond acceptors (Lipinski definition) is 1. The molecule has 0 aliphatic carbocycles. The lowest BCUT2D eigenvalue weighted by Gasteiger charge is -2.19. The highest BCUT2D eigenvalue weighted by Gasteiger charge is 2.16. The van der Waals surface area contributed by atoms with Crippen LogP contribution in [0.3, 0.4) is 0 Å². The zero-order chi connectivity index (χ0) is 13.3. The topological polar surface area (TPSA) is 3.24 Å². The van der Waals surface area contributed by atoms with E-state index < -0.39 is 0 Å². The van der Waals surface area contributed by atoms with Gasteiger partial charge in [0.15, 0.2) is 0 Å². The Kier molecular flexibility index (Phi) is 6.26. The third kappa shape index (κ3) is 4.56. The monoisotopic (exact) mass is 259 g/mol. The van der Waals surface area contributed by atoms with Crippen LogP contribution in [0.4, 0.5) is 5.69 Å². The first kappa shape index (κ1) is 14.4. The molecule has 1 heterocycles. The maximum atomic E-state index is 2.58. The molecular weight excluding hydrogens is 230 g/mol. The third-order valence-electron chi connectivity index (χ3n) is 4.26. The minimum atomic E-state index is 1.23. The summed E-state index contributed by atoms with van der Waals surface area (Å²) in [6, 6.07) is 8.90. The molecule has 0 amide bonds. The highest BCUT2D eigenvalue weighted by atomic mass is 15.1. The molecule has 0 atom stereocenters. The van der Waals surface area contributed by atoms with Gasteiger partial charge in [0.25, 0.3) is 0 Å². The number of benzene rings is 1. The first-order valence-corrected chi connectivity index (χ1v) is 8.24. The van der Waals surface area contributed by atoms with Crippen molar-refractivity contribution < 1.29 is 0 Å². The zero-order valence-electron chi connectivity index (χ0n) is 12.5. The Hall–Kier alpha value is -0.980. The van der Waals surface area contributed by atoms with Crippen LogP contribution in [0.1, 0.15) is 63.9 Å². The van der Waals surface area contributed by atoms with Crippen LogP contribution in [0, 0.1) is 0 Å². The molecule has 1 aliphatic rings. The number of rotatable bonds is 9. The van der Waals surface area contributed by atoms with Gasteiger partial charge in [0.2, 0.25) is 0 Å². The normalized spacial score (nSPS) is 13.8. The van der Waals surface area contributed by atoms with Crippen LogP contribution < -0.4 is 4.90 Å². The first-order valence-electron chi connectivity index (χ1n) is 8.24. The van der Waals surface area contributed by atoms with Gasteiger partial charge in [-0.3, -0.25) is 0 Å². The number of para-hydroxylation sites is 1. The van der Waals surface area contributed by atoms with Gasteiger partial charge in [-0.1, -0.05) is 70.1 Å². The van der Waals surface area contributed by atoms with Crippen LogP contribution in [0.2, 0.25) is 0 Å². The molecule has 19 heavy (non-hydrogen) atoms. The van der Waals surface area contributed by atoms with Gasteiger partial charge in [-0.2, -0.15) is 0 Å². The molecule has 0 unspecified atom stereocenters. The van der Waals surface area contributed by atoms with Crippen molar-refractivity contribution in [3.05, 3.63) is 29.8 Å². The van der Waals surface area contributed by atoms with Crippen molar-refractivity contribution in [1.82, 2.24) is 0 Å². The summed E-state index contributed by atoms with van der Waals surface area (Å²) in [5.41, 5.74) is 3.03. The fraction of sp³-hybridized carbons (Fsp3) is 0.667. The Labute approximate surface area is 119 Å². The lowest BCUT2D eigenvalue weighted by Crippen LogP contribution is -2.21. The minimum absolute atomic E-state index is 1.23. The molecule has 1 aromatic carbocycles. The first-order chi connectivity index (χ1) is 9.42. The van der Waals surface area contributed by atoms with Gasteiger partial charge in [-0.25, -0.2) is 0 Å². The molecule has 1 heteroatoms. The summed E-state index contributed by atoms with van der Waals surface area (Å²) >= 11 is 0. The van der Waals surface area contributed by atoms with Crippen molar-refractivity contribution in [1.29, 1.82) is 0 Å². The van der Waals surface area contributed by atoms with E-state index in [1.54, 1.807) is 5.56 Å². The molecular formula is C18H29N. The zero-order valence-corrected chi connectivity index (χ0v) is 12.5. The summed E-state index contributed by atoms with van der Waals surface area (Å²) in [5.74, 6) is 0. The van der Waals surface area contributed by atoms with Gasteiger partial charge in [-0.05, 0) is 24.5 Å². The van der Waals surface area contributed by atoms with E-state index >= 15 is 0 Å². The number of nitrogens with zero attached hydrogens (tertiary/aromatic N) is 1. The molecule has 0 aromatic heterocycles. The van der Waals surface area contributed by atoms with Crippen molar-refractivity contribution in [2.24, 2.45) is 0 Å². The highest BCUT2D eigenvalue weighted by molar-refractivity contribution is 5.57. The number of unbranched alkanes of at least 4 members (excludes halogenated alkanes) is 7. The number of fused-ring (bicyclic) bond motifs is 1. The number of hydrogen-bond donors (Lipinski definition) is 0. The lowest BCUT2D eigenvalue weighted by atomic mass is 10.1. The van der Waals surface area contributed by atoms with Crippen LogP contribution in [0.15, 0.2) is 24.3 Å². The minimum Gasteiger partial charge on any atom is -0.371 e. The van der Waals surface area contributed by atoms with Crippen molar-refractivity contribution in [3.63, 3.8) is 0 Å². The largest absolute Gasteiger partial charge is 0.371 e. The van der Waals surface area contributed by atoms with Gasteiger partial charge in [-0.15, -0.1) is 0 Å².